The molecule has 1 heterocycles. The smallest absolute Gasteiger partial charge is 0.227 e. The summed E-state index contributed by atoms with van der Waals surface area (Å²) in [6.07, 6.45) is 0.996. The summed E-state index contributed by atoms with van der Waals surface area (Å²) in [5.74, 6) is 0.537. The van der Waals surface area contributed by atoms with Gasteiger partial charge in [-0.2, -0.15) is 0 Å². The molecule has 2 nitrogen and oxygen atoms in total. The first-order chi connectivity index (χ1) is 8.85. The van der Waals surface area contributed by atoms with E-state index in [1.807, 2.05) is 0 Å². The third-order valence-corrected chi connectivity index (χ3v) is 5.71. The standard InChI is InChI=1S/C17H23NO/c1-16(2)14(17(16,3)4)15(19)18-10-9-12-7-5-6-8-13(12)11-18/h5-8,14H,9-11H2,1-4H3. The van der Waals surface area contributed by atoms with Gasteiger partial charge in [0.2, 0.25) is 5.91 Å². The van der Waals surface area contributed by atoms with E-state index in [1.165, 1.54) is 11.1 Å². The Morgan fingerprint density at radius 2 is 1.68 bits per heavy atom. The van der Waals surface area contributed by atoms with E-state index in [0.29, 0.717) is 5.91 Å². The van der Waals surface area contributed by atoms with Crippen molar-refractivity contribution in [3.8, 4) is 0 Å². The van der Waals surface area contributed by atoms with Gasteiger partial charge in [-0.05, 0) is 28.4 Å². The van der Waals surface area contributed by atoms with Gasteiger partial charge < -0.3 is 4.90 Å². The highest BCUT2D eigenvalue weighted by Crippen LogP contribution is 2.68. The molecule has 1 aromatic carbocycles. The number of carbonyl (C=O) groups excluding carboxylic acids is 1. The molecule has 2 aliphatic rings. The molecule has 1 aromatic rings. The lowest BCUT2D eigenvalue weighted by atomic mass is 9.99. The molecule has 1 aliphatic carbocycles. The van der Waals surface area contributed by atoms with E-state index < -0.39 is 0 Å². The third kappa shape index (κ3) is 1.73. The first-order valence-electron chi connectivity index (χ1n) is 7.21. The zero-order chi connectivity index (χ0) is 13.8. The van der Waals surface area contributed by atoms with Crippen molar-refractivity contribution >= 4 is 5.91 Å². The molecule has 0 atom stereocenters. The van der Waals surface area contributed by atoms with Crippen LogP contribution in [0.25, 0.3) is 0 Å². The van der Waals surface area contributed by atoms with E-state index in [1.54, 1.807) is 0 Å². The number of fused-ring (bicyclic) bond motifs is 1. The van der Waals surface area contributed by atoms with Gasteiger partial charge in [-0.25, -0.2) is 0 Å². The molecule has 102 valence electrons. The largest absolute Gasteiger partial charge is 0.338 e. The highest BCUT2D eigenvalue weighted by molar-refractivity contribution is 5.84. The Morgan fingerprint density at radius 1 is 1.11 bits per heavy atom. The van der Waals surface area contributed by atoms with E-state index in [-0.39, 0.29) is 16.7 Å². The van der Waals surface area contributed by atoms with Crippen molar-refractivity contribution in [1.29, 1.82) is 0 Å². The van der Waals surface area contributed by atoms with Crippen LogP contribution in [0.2, 0.25) is 0 Å². The molecule has 0 spiro atoms. The summed E-state index contributed by atoms with van der Waals surface area (Å²) < 4.78 is 0. The van der Waals surface area contributed by atoms with Gasteiger partial charge in [0.15, 0.2) is 0 Å². The minimum absolute atomic E-state index is 0.140. The monoisotopic (exact) mass is 257 g/mol. The Balaban J connectivity index is 1.78. The molecule has 0 unspecified atom stereocenters. The van der Waals surface area contributed by atoms with Crippen molar-refractivity contribution in [3.05, 3.63) is 35.4 Å². The van der Waals surface area contributed by atoms with E-state index in [4.69, 9.17) is 0 Å². The molecule has 1 saturated carbocycles. The number of hydrogen-bond donors (Lipinski definition) is 0. The Morgan fingerprint density at radius 3 is 2.26 bits per heavy atom. The summed E-state index contributed by atoms with van der Waals surface area (Å²) in [6.45, 7) is 10.5. The number of rotatable bonds is 1. The van der Waals surface area contributed by atoms with Crippen LogP contribution in [-0.4, -0.2) is 17.4 Å². The van der Waals surface area contributed by atoms with Gasteiger partial charge in [0.05, 0.1) is 0 Å². The van der Waals surface area contributed by atoms with Gasteiger partial charge in [0.1, 0.15) is 0 Å². The average Bonchev–Trinajstić information content (AvgIpc) is 2.78. The first kappa shape index (κ1) is 12.7. The molecule has 1 amide bonds. The summed E-state index contributed by atoms with van der Waals surface area (Å²) in [5, 5.41) is 0. The highest BCUT2D eigenvalue weighted by Gasteiger charge is 2.68. The predicted octanol–water partition coefficient (Wildman–Crippen LogP) is 3.25. The van der Waals surface area contributed by atoms with Crippen LogP contribution in [0.3, 0.4) is 0 Å². The lowest BCUT2D eigenvalue weighted by Crippen LogP contribution is -2.38. The molecule has 0 radical (unpaired) electrons. The summed E-state index contributed by atoms with van der Waals surface area (Å²) >= 11 is 0. The van der Waals surface area contributed by atoms with Crippen LogP contribution in [0.15, 0.2) is 24.3 Å². The molecule has 2 heteroatoms. The second kappa shape index (κ2) is 3.84. The zero-order valence-electron chi connectivity index (χ0n) is 12.4. The van der Waals surface area contributed by atoms with E-state index in [2.05, 4.69) is 56.9 Å². The van der Waals surface area contributed by atoms with Crippen molar-refractivity contribution in [2.24, 2.45) is 16.7 Å². The maximum atomic E-state index is 12.7. The van der Waals surface area contributed by atoms with Gasteiger partial charge in [-0.15, -0.1) is 0 Å². The SMILES string of the molecule is CC1(C)C(C(=O)N2CCc3ccccc3C2)C1(C)C. The van der Waals surface area contributed by atoms with Crippen LogP contribution in [-0.2, 0) is 17.8 Å². The van der Waals surface area contributed by atoms with Crippen molar-refractivity contribution in [3.63, 3.8) is 0 Å². The highest BCUT2D eigenvalue weighted by atomic mass is 16.2. The lowest BCUT2D eigenvalue weighted by molar-refractivity contribution is -0.134. The number of hydrogen-bond acceptors (Lipinski definition) is 1. The Hall–Kier alpha value is -1.31. The molecule has 0 N–H and O–H groups in total. The first-order valence-corrected chi connectivity index (χ1v) is 7.21. The fourth-order valence-corrected chi connectivity index (χ4v) is 3.68. The van der Waals surface area contributed by atoms with Gasteiger partial charge in [0.25, 0.3) is 0 Å². The molecule has 1 fully saturated rings. The van der Waals surface area contributed by atoms with E-state index in [0.717, 1.165) is 19.5 Å². The normalized spacial score (nSPS) is 23.9. The number of amides is 1. The Labute approximate surface area is 115 Å². The van der Waals surface area contributed by atoms with Crippen molar-refractivity contribution < 1.29 is 4.79 Å². The molecule has 1 aliphatic heterocycles. The molecule has 3 rings (SSSR count). The van der Waals surface area contributed by atoms with E-state index in [9.17, 15) is 4.79 Å². The average molecular weight is 257 g/mol. The Kier molecular flexibility index (Phi) is 2.57. The maximum absolute atomic E-state index is 12.7. The molecule has 0 saturated heterocycles. The van der Waals surface area contributed by atoms with Crippen LogP contribution in [0.1, 0.15) is 38.8 Å². The minimum Gasteiger partial charge on any atom is -0.338 e. The molecular weight excluding hydrogens is 234 g/mol. The summed E-state index contributed by atoms with van der Waals surface area (Å²) in [6, 6.07) is 8.49. The summed E-state index contributed by atoms with van der Waals surface area (Å²) in [7, 11) is 0. The number of carbonyl (C=O) groups is 1. The number of nitrogens with zero attached hydrogens (tertiary/aromatic N) is 1. The van der Waals surface area contributed by atoms with Crippen LogP contribution in [0.5, 0.6) is 0 Å². The minimum atomic E-state index is 0.140. The van der Waals surface area contributed by atoms with Crippen LogP contribution in [0, 0.1) is 16.7 Å². The molecule has 0 aromatic heterocycles. The summed E-state index contributed by atoms with van der Waals surface area (Å²) in [5.41, 5.74) is 3.00. The lowest BCUT2D eigenvalue weighted by Gasteiger charge is -2.29. The second-order valence-corrected chi connectivity index (χ2v) is 7.15. The second-order valence-electron chi connectivity index (χ2n) is 7.15. The summed E-state index contributed by atoms with van der Waals surface area (Å²) in [4.78, 5) is 14.8. The van der Waals surface area contributed by atoms with Crippen LogP contribution in [0.4, 0.5) is 0 Å². The van der Waals surface area contributed by atoms with E-state index >= 15 is 0 Å². The molecular formula is C17H23NO. The third-order valence-electron chi connectivity index (χ3n) is 5.71. The van der Waals surface area contributed by atoms with Gasteiger partial charge in [-0.1, -0.05) is 52.0 Å². The fraction of sp³-hybridized carbons (Fsp3) is 0.588. The van der Waals surface area contributed by atoms with Crippen molar-refractivity contribution in [2.45, 2.75) is 40.7 Å². The quantitative estimate of drug-likeness (QED) is 0.756. The predicted molar refractivity (Wildman–Crippen MR) is 76.6 cm³/mol. The van der Waals surface area contributed by atoms with Gasteiger partial charge in [-0.3, -0.25) is 4.79 Å². The number of benzene rings is 1. The molecule has 0 bridgehead atoms. The van der Waals surface area contributed by atoms with Gasteiger partial charge >= 0.3 is 0 Å². The fourth-order valence-electron chi connectivity index (χ4n) is 3.68. The molecule has 19 heavy (non-hydrogen) atoms. The topological polar surface area (TPSA) is 20.3 Å². The Bertz CT molecular complexity index is 516. The maximum Gasteiger partial charge on any atom is 0.227 e. The van der Waals surface area contributed by atoms with Gasteiger partial charge in [0, 0.05) is 19.0 Å². The van der Waals surface area contributed by atoms with Crippen molar-refractivity contribution in [1.82, 2.24) is 4.90 Å². The van der Waals surface area contributed by atoms with Crippen LogP contribution < -0.4 is 0 Å². The zero-order valence-corrected chi connectivity index (χ0v) is 12.4. The van der Waals surface area contributed by atoms with Crippen molar-refractivity contribution in [2.75, 3.05) is 6.54 Å². The van der Waals surface area contributed by atoms with Crippen LogP contribution >= 0.6 is 0 Å².